The van der Waals surface area contributed by atoms with Gasteiger partial charge in [0.2, 0.25) is 5.89 Å². The van der Waals surface area contributed by atoms with E-state index in [0.29, 0.717) is 17.5 Å². The fourth-order valence-electron chi connectivity index (χ4n) is 1.59. The third-order valence-electron chi connectivity index (χ3n) is 2.58. The molecule has 2 aromatic rings. The van der Waals surface area contributed by atoms with Crippen LogP contribution in [0.1, 0.15) is 37.5 Å². The van der Waals surface area contributed by atoms with E-state index in [0.717, 1.165) is 17.3 Å². The Balaban J connectivity index is 1.91. The molecule has 6 heteroatoms. The van der Waals surface area contributed by atoms with Gasteiger partial charge in [-0.1, -0.05) is 34.4 Å². The standard InChI is InChI=1S/C13H16BrN3OS/c1-2-3-11(15)13-16-12(17-18-13)8-19-10-6-4-9(14)5-7-10/h4-7,11H,2-3,8,15H2,1H3. The van der Waals surface area contributed by atoms with Gasteiger partial charge in [0.1, 0.15) is 0 Å². The topological polar surface area (TPSA) is 64.9 Å². The number of hydrogen-bond donors (Lipinski definition) is 1. The monoisotopic (exact) mass is 341 g/mol. The lowest BCUT2D eigenvalue weighted by atomic mass is 10.2. The van der Waals surface area contributed by atoms with Crippen LogP contribution in [0.25, 0.3) is 0 Å². The molecule has 2 rings (SSSR count). The van der Waals surface area contributed by atoms with Gasteiger partial charge in [-0.3, -0.25) is 0 Å². The number of benzene rings is 1. The zero-order chi connectivity index (χ0) is 13.7. The zero-order valence-electron chi connectivity index (χ0n) is 10.7. The minimum atomic E-state index is -0.149. The van der Waals surface area contributed by atoms with E-state index < -0.39 is 0 Å². The molecule has 0 fully saturated rings. The van der Waals surface area contributed by atoms with Crippen molar-refractivity contribution < 1.29 is 4.52 Å². The second kappa shape index (κ2) is 7.07. The number of rotatable bonds is 6. The van der Waals surface area contributed by atoms with Crippen LogP contribution in [0.5, 0.6) is 0 Å². The first kappa shape index (κ1) is 14.6. The highest BCUT2D eigenvalue weighted by Gasteiger charge is 2.13. The van der Waals surface area contributed by atoms with Gasteiger partial charge in [-0.05, 0) is 30.7 Å². The van der Waals surface area contributed by atoms with E-state index >= 15 is 0 Å². The van der Waals surface area contributed by atoms with Crippen LogP contribution < -0.4 is 5.73 Å². The third-order valence-corrected chi connectivity index (χ3v) is 4.12. The maximum Gasteiger partial charge on any atom is 0.243 e. The molecule has 0 aliphatic heterocycles. The van der Waals surface area contributed by atoms with Crippen molar-refractivity contribution in [3.05, 3.63) is 40.5 Å². The van der Waals surface area contributed by atoms with Gasteiger partial charge < -0.3 is 10.3 Å². The normalized spacial score (nSPS) is 12.6. The lowest BCUT2D eigenvalue weighted by Gasteiger charge is -2.02. The second-order valence-corrected chi connectivity index (χ2v) is 6.15. The van der Waals surface area contributed by atoms with Crippen molar-refractivity contribution in [3.8, 4) is 0 Å². The van der Waals surface area contributed by atoms with E-state index in [2.05, 4.69) is 45.1 Å². The summed E-state index contributed by atoms with van der Waals surface area (Å²) >= 11 is 5.09. The minimum Gasteiger partial charge on any atom is -0.338 e. The van der Waals surface area contributed by atoms with E-state index in [1.165, 1.54) is 4.90 Å². The van der Waals surface area contributed by atoms with Crippen molar-refractivity contribution in [1.29, 1.82) is 0 Å². The zero-order valence-corrected chi connectivity index (χ0v) is 13.1. The molecule has 0 bridgehead atoms. The molecule has 0 radical (unpaired) electrons. The Morgan fingerprint density at radius 3 is 2.79 bits per heavy atom. The summed E-state index contributed by atoms with van der Waals surface area (Å²) in [5.41, 5.74) is 5.93. The maximum atomic E-state index is 5.93. The van der Waals surface area contributed by atoms with Gasteiger partial charge in [0.05, 0.1) is 11.8 Å². The van der Waals surface area contributed by atoms with Gasteiger partial charge in [0.15, 0.2) is 5.82 Å². The largest absolute Gasteiger partial charge is 0.338 e. The molecule has 2 N–H and O–H groups in total. The smallest absolute Gasteiger partial charge is 0.243 e. The highest BCUT2D eigenvalue weighted by atomic mass is 79.9. The molecule has 0 spiro atoms. The maximum absolute atomic E-state index is 5.93. The second-order valence-electron chi connectivity index (χ2n) is 4.19. The molecule has 1 atom stereocenters. The summed E-state index contributed by atoms with van der Waals surface area (Å²) in [7, 11) is 0. The van der Waals surface area contributed by atoms with Crippen LogP contribution in [0.2, 0.25) is 0 Å². The quantitative estimate of drug-likeness (QED) is 0.806. The number of halogens is 1. The molecule has 0 saturated carbocycles. The fourth-order valence-corrected chi connectivity index (χ4v) is 2.60. The summed E-state index contributed by atoms with van der Waals surface area (Å²) in [5, 5.41) is 3.96. The van der Waals surface area contributed by atoms with Gasteiger partial charge in [0.25, 0.3) is 0 Å². The van der Waals surface area contributed by atoms with E-state index in [-0.39, 0.29) is 6.04 Å². The van der Waals surface area contributed by atoms with Crippen molar-refractivity contribution in [2.45, 2.75) is 36.5 Å². The first-order chi connectivity index (χ1) is 9.19. The highest BCUT2D eigenvalue weighted by molar-refractivity contribution is 9.10. The summed E-state index contributed by atoms with van der Waals surface area (Å²) in [6.07, 6.45) is 1.87. The van der Waals surface area contributed by atoms with E-state index in [1.807, 2.05) is 12.1 Å². The molecular formula is C13H16BrN3OS. The molecule has 1 unspecified atom stereocenters. The average Bonchev–Trinajstić information content (AvgIpc) is 2.87. The van der Waals surface area contributed by atoms with Crippen LogP contribution in [0.4, 0.5) is 0 Å². The Bertz CT molecular complexity index is 515. The van der Waals surface area contributed by atoms with Gasteiger partial charge in [-0.2, -0.15) is 4.98 Å². The molecule has 102 valence electrons. The predicted octanol–water partition coefficient (Wildman–Crippen LogP) is 3.92. The number of thioether (sulfide) groups is 1. The van der Waals surface area contributed by atoms with Gasteiger partial charge in [-0.15, -0.1) is 11.8 Å². The minimum absolute atomic E-state index is 0.149. The number of hydrogen-bond acceptors (Lipinski definition) is 5. The van der Waals surface area contributed by atoms with Gasteiger partial charge in [-0.25, -0.2) is 0 Å². The van der Waals surface area contributed by atoms with E-state index in [9.17, 15) is 0 Å². The Labute approximate surface area is 125 Å². The van der Waals surface area contributed by atoms with E-state index in [1.54, 1.807) is 11.8 Å². The van der Waals surface area contributed by atoms with Crippen molar-refractivity contribution in [2.75, 3.05) is 0 Å². The lowest BCUT2D eigenvalue weighted by Crippen LogP contribution is -2.10. The van der Waals surface area contributed by atoms with Gasteiger partial charge in [0, 0.05) is 9.37 Å². The van der Waals surface area contributed by atoms with E-state index in [4.69, 9.17) is 10.3 Å². The van der Waals surface area contributed by atoms with Gasteiger partial charge >= 0.3 is 0 Å². The summed E-state index contributed by atoms with van der Waals surface area (Å²) in [4.78, 5) is 5.50. The molecule has 0 aliphatic rings. The van der Waals surface area contributed by atoms with Crippen molar-refractivity contribution in [2.24, 2.45) is 5.73 Å². The summed E-state index contributed by atoms with van der Waals surface area (Å²) < 4.78 is 6.25. The van der Waals surface area contributed by atoms with Crippen LogP contribution in [-0.2, 0) is 5.75 Å². The van der Waals surface area contributed by atoms with Crippen LogP contribution in [0, 0.1) is 0 Å². The molecule has 19 heavy (non-hydrogen) atoms. The van der Waals surface area contributed by atoms with Crippen LogP contribution in [0.15, 0.2) is 38.2 Å². The molecule has 0 aliphatic carbocycles. The Hall–Kier alpha value is -0.850. The Morgan fingerprint density at radius 2 is 2.11 bits per heavy atom. The first-order valence-corrected chi connectivity index (χ1v) is 7.93. The van der Waals surface area contributed by atoms with Crippen LogP contribution >= 0.6 is 27.7 Å². The fraction of sp³-hybridized carbons (Fsp3) is 0.385. The average molecular weight is 342 g/mol. The molecule has 1 aromatic carbocycles. The molecule has 4 nitrogen and oxygen atoms in total. The summed E-state index contributed by atoms with van der Waals surface area (Å²) in [6.45, 7) is 2.08. The molecular weight excluding hydrogens is 326 g/mol. The third kappa shape index (κ3) is 4.33. The summed E-state index contributed by atoms with van der Waals surface area (Å²) in [6, 6.07) is 7.99. The molecule has 0 saturated heterocycles. The number of nitrogens with zero attached hydrogens (tertiary/aromatic N) is 2. The highest BCUT2D eigenvalue weighted by Crippen LogP contribution is 2.24. The number of nitrogens with two attached hydrogens (primary N) is 1. The number of aromatic nitrogens is 2. The first-order valence-electron chi connectivity index (χ1n) is 6.15. The van der Waals surface area contributed by atoms with Crippen molar-refractivity contribution in [1.82, 2.24) is 10.1 Å². The van der Waals surface area contributed by atoms with Crippen LogP contribution in [0.3, 0.4) is 0 Å². The summed E-state index contributed by atoms with van der Waals surface area (Å²) in [5.74, 6) is 1.91. The Morgan fingerprint density at radius 1 is 1.37 bits per heavy atom. The Kier molecular flexibility index (Phi) is 5.42. The van der Waals surface area contributed by atoms with Crippen molar-refractivity contribution >= 4 is 27.7 Å². The lowest BCUT2D eigenvalue weighted by molar-refractivity contribution is 0.345. The molecule has 1 heterocycles. The molecule has 0 amide bonds. The predicted molar refractivity (Wildman–Crippen MR) is 79.8 cm³/mol. The van der Waals surface area contributed by atoms with Crippen molar-refractivity contribution in [3.63, 3.8) is 0 Å². The molecule has 1 aromatic heterocycles. The SMILES string of the molecule is CCCC(N)c1nc(CSc2ccc(Br)cc2)no1. The van der Waals surface area contributed by atoms with Crippen LogP contribution in [-0.4, -0.2) is 10.1 Å².